The highest BCUT2D eigenvalue weighted by atomic mass is 35.5. The van der Waals surface area contributed by atoms with Gasteiger partial charge in [0, 0.05) is 34.3 Å². The summed E-state index contributed by atoms with van der Waals surface area (Å²) in [5.74, 6) is -0.382. The van der Waals surface area contributed by atoms with E-state index in [9.17, 15) is 9.59 Å². The normalized spacial score (nSPS) is 22.2. The molecule has 3 saturated heterocycles. The molecule has 0 amide bonds. The zero-order chi connectivity index (χ0) is 36.8. The Balaban J connectivity index is 1.27. The van der Waals surface area contributed by atoms with E-state index in [-0.39, 0.29) is 35.5 Å². The van der Waals surface area contributed by atoms with E-state index in [2.05, 4.69) is 17.1 Å². The molecule has 2 bridgehead atoms. The zero-order valence-corrected chi connectivity index (χ0v) is 31.0. The SMILES string of the molecule is CCC1C=CC(Cl)=C(CC(OC(=O)c2cccc(NC(C(=O)OC3CN4CCC3CC4)c3ccccc3F)c2)c2ccc(OC)c(OC)c2)C(Cl)=C1. The van der Waals surface area contributed by atoms with E-state index in [1.54, 1.807) is 67.8 Å². The fourth-order valence-corrected chi connectivity index (χ4v) is 7.66. The Labute approximate surface area is 314 Å². The largest absolute Gasteiger partial charge is 0.493 e. The summed E-state index contributed by atoms with van der Waals surface area (Å²) >= 11 is 13.5. The fraction of sp³-hybridized carbons (Fsp3) is 0.366. The first-order chi connectivity index (χ1) is 25.2. The van der Waals surface area contributed by atoms with Crippen LogP contribution in [0.25, 0.3) is 0 Å². The van der Waals surface area contributed by atoms with E-state index in [0.717, 1.165) is 32.4 Å². The van der Waals surface area contributed by atoms with Gasteiger partial charge in [-0.1, -0.05) is 72.6 Å². The number of anilines is 1. The highest BCUT2D eigenvalue weighted by Crippen LogP contribution is 2.39. The molecule has 1 aliphatic carbocycles. The molecule has 4 atom stereocenters. The Morgan fingerprint density at radius 2 is 1.75 bits per heavy atom. The van der Waals surface area contributed by atoms with Crippen molar-refractivity contribution in [1.82, 2.24) is 4.90 Å². The van der Waals surface area contributed by atoms with Crippen molar-refractivity contribution >= 4 is 40.8 Å². The van der Waals surface area contributed by atoms with Gasteiger partial charge in [-0.25, -0.2) is 14.0 Å². The molecule has 274 valence electrons. The van der Waals surface area contributed by atoms with Crippen LogP contribution in [0.5, 0.6) is 11.5 Å². The first kappa shape index (κ1) is 37.4. The van der Waals surface area contributed by atoms with Gasteiger partial charge in [0.1, 0.15) is 18.0 Å². The summed E-state index contributed by atoms with van der Waals surface area (Å²) in [5.41, 5.74) is 2.03. The average molecular weight is 750 g/mol. The molecule has 7 rings (SSSR count). The maximum atomic E-state index is 15.2. The molecule has 3 heterocycles. The molecule has 3 aliphatic heterocycles. The first-order valence-corrected chi connectivity index (χ1v) is 18.3. The highest BCUT2D eigenvalue weighted by Gasteiger charge is 2.38. The summed E-state index contributed by atoms with van der Waals surface area (Å²) in [7, 11) is 3.07. The van der Waals surface area contributed by atoms with E-state index in [1.165, 1.54) is 13.2 Å². The third kappa shape index (κ3) is 8.65. The number of carbonyl (C=O) groups is 2. The van der Waals surface area contributed by atoms with E-state index < -0.39 is 29.9 Å². The predicted molar refractivity (Wildman–Crippen MR) is 200 cm³/mol. The molecule has 3 aromatic rings. The standard InChI is InChI=1S/C41H43Cl2FN2O6/c1-4-25-12-14-32(42)31(33(43)20-25)23-36(27-13-15-35(49-2)37(22-27)50-3)51-40(47)28-8-7-9-29(21-28)45-39(30-10-5-6-11-34(30)44)41(48)52-38-24-46-18-16-26(38)17-19-46/h5-15,20-22,25-26,36,38-39,45H,4,16-19,23-24H2,1-3H3. The van der Waals surface area contributed by atoms with Gasteiger partial charge in [0.2, 0.25) is 0 Å². The number of hydrogen-bond donors (Lipinski definition) is 1. The summed E-state index contributed by atoms with van der Waals surface area (Å²) in [5, 5.41) is 4.09. The Bertz CT molecular complexity index is 1870. The molecular formula is C41H43Cl2FN2O6. The van der Waals surface area contributed by atoms with Crippen LogP contribution < -0.4 is 14.8 Å². The summed E-state index contributed by atoms with van der Waals surface area (Å²) in [6, 6.07) is 16.8. The first-order valence-electron chi connectivity index (χ1n) is 17.6. The number of ether oxygens (including phenoxy) is 4. The van der Waals surface area contributed by atoms with Crippen molar-refractivity contribution in [3.05, 3.63) is 123 Å². The third-order valence-corrected chi connectivity index (χ3v) is 10.7. The van der Waals surface area contributed by atoms with Crippen LogP contribution in [0.1, 0.15) is 66.2 Å². The van der Waals surface area contributed by atoms with Gasteiger partial charge in [-0.15, -0.1) is 0 Å². The molecule has 1 N–H and O–H groups in total. The van der Waals surface area contributed by atoms with Gasteiger partial charge in [-0.05, 0) is 97.8 Å². The van der Waals surface area contributed by atoms with Gasteiger partial charge in [-0.2, -0.15) is 0 Å². The molecule has 11 heteroatoms. The number of nitrogens with one attached hydrogen (secondary N) is 1. The lowest BCUT2D eigenvalue weighted by Crippen LogP contribution is -2.52. The minimum atomic E-state index is -1.15. The number of allylic oxidation sites excluding steroid dienone is 5. The van der Waals surface area contributed by atoms with Crippen molar-refractivity contribution in [2.75, 3.05) is 39.2 Å². The lowest BCUT2D eigenvalue weighted by molar-refractivity contribution is -0.160. The highest BCUT2D eigenvalue weighted by molar-refractivity contribution is 6.36. The summed E-state index contributed by atoms with van der Waals surface area (Å²) in [6.45, 7) is 4.72. The van der Waals surface area contributed by atoms with Crippen molar-refractivity contribution in [3.8, 4) is 11.5 Å². The number of fused-ring (bicyclic) bond motifs is 3. The molecule has 4 unspecified atom stereocenters. The zero-order valence-electron chi connectivity index (χ0n) is 29.4. The van der Waals surface area contributed by atoms with Crippen LogP contribution in [-0.4, -0.2) is 56.8 Å². The number of hydrogen-bond acceptors (Lipinski definition) is 8. The van der Waals surface area contributed by atoms with Gasteiger partial charge in [0.15, 0.2) is 17.5 Å². The molecule has 4 aliphatic rings. The number of benzene rings is 3. The van der Waals surface area contributed by atoms with Crippen LogP contribution >= 0.6 is 23.2 Å². The summed E-state index contributed by atoms with van der Waals surface area (Å²) in [4.78, 5) is 30.0. The van der Waals surface area contributed by atoms with Crippen molar-refractivity contribution in [1.29, 1.82) is 0 Å². The lowest BCUT2D eigenvalue weighted by Gasteiger charge is -2.44. The number of rotatable bonds is 13. The smallest absolute Gasteiger partial charge is 0.338 e. The van der Waals surface area contributed by atoms with Gasteiger partial charge < -0.3 is 24.3 Å². The molecule has 3 aromatic carbocycles. The maximum Gasteiger partial charge on any atom is 0.338 e. The fourth-order valence-electron chi connectivity index (χ4n) is 7.02. The number of esters is 2. The van der Waals surface area contributed by atoms with Gasteiger partial charge in [-0.3, -0.25) is 4.90 Å². The van der Waals surface area contributed by atoms with Crippen LogP contribution in [0.4, 0.5) is 10.1 Å². The minimum absolute atomic E-state index is 0.108. The van der Waals surface area contributed by atoms with Crippen LogP contribution in [0.2, 0.25) is 0 Å². The van der Waals surface area contributed by atoms with Crippen LogP contribution in [0.3, 0.4) is 0 Å². The Kier molecular flexibility index (Phi) is 12.3. The molecule has 3 fully saturated rings. The topological polar surface area (TPSA) is 86.3 Å². The molecule has 0 aromatic heterocycles. The van der Waals surface area contributed by atoms with E-state index in [4.69, 9.17) is 42.1 Å². The monoisotopic (exact) mass is 748 g/mol. The van der Waals surface area contributed by atoms with Crippen LogP contribution in [0.15, 0.2) is 101 Å². The summed E-state index contributed by atoms with van der Waals surface area (Å²) < 4.78 is 38.4. The summed E-state index contributed by atoms with van der Waals surface area (Å²) in [6.07, 6.45) is 7.63. The molecule has 0 spiro atoms. The molecular weight excluding hydrogens is 706 g/mol. The average Bonchev–Trinajstić information content (AvgIpc) is 3.30. The number of carbonyl (C=O) groups excluding carboxylic acids is 2. The predicted octanol–water partition coefficient (Wildman–Crippen LogP) is 9.13. The van der Waals surface area contributed by atoms with Crippen molar-refractivity contribution in [2.45, 2.75) is 50.9 Å². The van der Waals surface area contributed by atoms with E-state index in [1.807, 2.05) is 18.2 Å². The number of piperidine rings is 3. The number of nitrogens with zero attached hydrogens (tertiary/aromatic N) is 1. The van der Waals surface area contributed by atoms with E-state index >= 15 is 4.39 Å². The quantitative estimate of drug-likeness (QED) is 0.173. The second kappa shape index (κ2) is 17.0. The van der Waals surface area contributed by atoms with Crippen molar-refractivity contribution < 1.29 is 32.9 Å². The van der Waals surface area contributed by atoms with Crippen LogP contribution in [0, 0.1) is 17.7 Å². The van der Waals surface area contributed by atoms with Gasteiger partial charge in [0.05, 0.1) is 19.8 Å². The van der Waals surface area contributed by atoms with E-state index in [0.29, 0.717) is 44.9 Å². The number of methoxy groups -OCH3 is 2. The second-order valence-corrected chi connectivity index (χ2v) is 14.1. The maximum absolute atomic E-state index is 15.2. The van der Waals surface area contributed by atoms with Crippen molar-refractivity contribution in [3.63, 3.8) is 0 Å². The van der Waals surface area contributed by atoms with Gasteiger partial charge >= 0.3 is 11.9 Å². The van der Waals surface area contributed by atoms with Crippen LogP contribution in [-0.2, 0) is 14.3 Å². The molecule has 52 heavy (non-hydrogen) atoms. The Morgan fingerprint density at radius 1 is 0.981 bits per heavy atom. The number of halogens is 3. The molecule has 0 saturated carbocycles. The Morgan fingerprint density at radius 3 is 2.44 bits per heavy atom. The van der Waals surface area contributed by atoms with Gasteiger partial charge in [0.25, 0.3) is 0 Å². The minimum Gasteiger partial charge on any atom is -0.493 e. The Hall–Kier alpha value is -4.31. The van der Waals surface area contributed by atoms with Crippen molar-refractivity contribution in [2.24, 2.45) is 11.8 Å². The molecule has 8 nitrogen and oxygen atoms in total. The second-order valence-electron chi connectivity index (χ2n) is 13.3. The third-order valence-electron chi connectivity index (χ3n) is 10.0. The lowest BCUT2D eigenvalue weighted by atomic mass is 9.86. The molecule has 0 radical (unpaired) electrons.